The lowest BCUT2D eigenvalue weighted by Crippen LogP contribution is -2.20. The molecule has 0 heterocycles. The van der Waals surface area contributed by atoms with E-state index in [2.05, 4.69) is 0 Å². The molecule has 0 aliphatic heterocycles. The molecule has 0 aliphatic rings. The van der Waals surface area contributed by atoms with Gasteiger partial charge in [0.2, 0.25) is 0 Å². The monoisotopic (exact) mass is 323 g/mol. The molecule has 2 aromatic rings. The lowest BCUT2D eigenvalue weighted by Gasteiger charge is -2.06. The molecule has 1 unspecified atom stereocenters. The van der Waals surface area contributed by atoms with E-state index in [1.807, 2.05) is 30.3 Å². The maximum atomic E-state index is 12.0. The number of hydrogen-bond acceptors (Lipinski definition) is 3. The molecule has 0 aromatic heterocycles. The molecular weight excluding hydrogens is 306 g/mol. The van der Waals surface area contributed by atoms with Crippen molar-refractivity contribution < 1.29 is 8.42 Å². The molecule has 0 radical (unpaired) electrons. The standard InChI is InChI=1S/C16H17NO2S.ClH/c17-15(13-14-7-3-1-4-8-14)11-12-20(18,19)16-9-5-2-6-10-16;/h1-12,15H,13,17H2;1H/b12-11+;. The first-order valence-electron chi connectivity index (χ1n) is 6.36. The number of rotatable bonds is 5. The van der Waals surface area contributed by atoms with Crippen LogP contribution < -0.4 is 5.73 Å². The summed E-state index contributed by atoms with van der Waals surface area (Å²) >= 11 is 0. The molecular formula is C16H18ClNO2S. The topological polar surface area (TPSA) is 60.2 Å². The third-order valence-corrected chi connectivity index (χ3v) is 4.34. The maximum absolute atomic E-state index is 12.0. The van der Waals surface area contributed by atoms with Gasteiger partial charge < -0.3 is 5.73 Å². The van der Waals surface area contributed by atoms with Gasteiger partial charge in [-0.15, -0.1) is 12.4 Å². The van der Waals surface area contributed by atoms with E-state index in [9.17, 15) is 8.42 Å². The summed E-state index contributed by atoms with van der Waals surface area (Å²) in [6, 6.07) is 17.8. The molecule has 0 saturated heterocycles. The second kappa shape index (κ2) is 7.98. The van der Waals surface area contributed by atoms with Crippen LogP contribution in [0, 0.1) is 0 Å². The number of sulfone groups is 1. The van der Waals surface area contributed by atoms with Crippen LogP contribution in [0.15, 0.2) is 77.0 Å². The Morgan fingerprint density at radius 3 is 2.05 bits per heavy atom. The normalized spacial score (nSPS) is 12.8. The van der Waals surface area contributed by atoms with Crippen LogP contribution in [0.4, 0.5) is 0 Å². The number of halogens is 1. The summed E-state index contributed by atoms with van der Waals surface area (Å²) in [6.45, 7) is 0. The highest BCUT2D eigenvalue weighted by molar-refractivity contribution is 7.94. The van der Waals surface area contributed by atoms with Crippen LogP contribution in [0.3, 0.4) is 0 Å². The zero-order chi connectivity index (χ0) is 14.4. The summed E-state index contributed by atoms with van der Waals surface area (Å²) in [5.74, 6) is 0. The molecule has 0 aliphatic carbocycles. The van der Waals surface area contributed by atoms with E-state index in [1.165, 1.54) is 11.5 Å². The Morgan fingerprint density at radius 2 is 1.48 bits per heavy atom. The average molecular weight is 324 g/mol. The zero-order valence-electron chi connectivity index (χ0n) is 11.4. The fourth-order valence-corrected chi connectivity index (χ4v) is 2.95. The van der Waals surface area contributed by atoms with Gasteiger partial charge in [0.25, 0.3) is 0 Å². The quantitative estimate of drug-likeness (QED) is 0.920. The van der Waals surface area contributed by atoms with Crippen LogP contribution in [-0.2, 0) is 16.3 Å². The SMILES string of the molecule is Cl.NC(/C=C/S(=O)(=O)c1ccccc1)Cc1ccccc1. The van der Waals surface area contributed by atoms with Gasteiger partial charge in [-0.1, -0.05) is 54.6 Å². The smallest absolute Gasteiger partial charge is 0.199 e. The van der Waals surface area contributed by atoms with Crippen LogP contribution in [0.2, 0.25) is 0 Å². The summed E-state index contributed by atoms with van der Waals surface area (Å²) in [4.78, 5) is 0.281. The van der Waals surface area contributed by atoms with Gasteiger partial charge >= 0.3 is 0 Å². The van der Waals surface area contributed by atoms with Gasteiger partial charge in [0, 0.05) is 11.4 Å². The van der Waals surface area contributed by atoms with Gasteiger partial charge in [0.15, 0.2) is 9.84 Å². The summed E-state index contributed by atoms with van der Waals surface area (Å²) in [5.41, 5.74) is 7.02. The first-order valence-corrected chi connectivity index (χ1v) is 7.90. The second-order valence-electron chi connectivity index (χ2n) is 4.54. The van der Waals surface area contributed by atoms with Crippen LogP contribution in [0.25, 0.3) is 0 Å². The van der Waals surface area contributed by atoms with Gasteiger partial charge in [0.1, 0.15) is 0 Å². The molecule has 2 rings (SSSR count). The third-order valence-electron chi connectivity index (χ3n) is 2.89. The summed E-state index contributed by atoms with van der Waals surface area (Å²) in [7, 11) is -3.41. The van der Waals surface area contributed by atoms with E-state index in [4.69, 9.17) is 5.73 Å². The molecule has 2 aromatic carbocycles. The molecule has 1 atom stereocenters. The largest absolute Gasteiger partial charge is 0.324 e. The fraction of sp³-hybridized carbons (Fsp3) is 0.125. The van der Waals surface area contributed by atoms with Crippen molar-refractivity contribution in [3.05, 3.63) is 77.7 Å². The van der Waals surface area contributed by atoms with Crippen molar-refractivity contribution in [1.29, 1.82) is 0 Å². The summed E-state index contributed by atoms with van der Waals surface area (Å²) in [6.07, 6.45) is 2.15. The van der Waals surface area contributed by atoms with Gasteiger partial charge in [-0.25, -0.2) is 8.42 Å². The summed E-state index contributed by atoms with van der Waals surface area (Å²) < 4.78 is 24.1. The first kappa shape index (κ1) is 17.4. The van der Waals surface area contributed by atoms with E-state index in [0.717, 1.165) is 5.56 Å². The molecule has 5 heteroatoms. The van der Waals surface area contributed by atoms with E-state index in [1.54, 1.807) is 30.3 Å². The van der Waals surface area contributed by atoms with E-state index >= 15 is 0 Å². The minimum Gasteiger partial charge on any atom is -0.324 e. The molecule has 0 saturated carbocycles. The minimum atomic E-state index is -3.41. The van der Waals surface area contributed by atoms with Crippen molar-refractivity contribution in [3.63, 3.8) is 0 Å². The number of hydrogen-bond donors (Lipinski definition) is 1. The minimum absolute atomic E-state index is 0. The summed E-state index contributed by atoms with van der Waals surface area (Å²) in [5, 5.41) is 1.19. The Hall–Kier alpha value is -1.62. The van der Waals surface area contributed by atoms with Crippen LogP contribution in [-0.4, -0.2) is 14.5 Å². The fourth-order valence-electron chi connectivity index (χ4n) is 1.85. The van der Waals surface area contributed by atoms with Crippen molar-refractivity contribution in [1.82, 2.24) is 0 Å². The Labute approximate surface area is 131 Å². The van der Waals surface area contributed by atoms with Gasteiger partial charge in [-0.2, -0.15) is 0 Å². The Kier molecular flexibility index (Phi) is 6.62. The van der Waals surface area contributed by atoms with Crippen LogP contribution in [0.1, 0.15) is 5.56 Å². The highest BCUT2D eigenvalue weighted by Gasteiger charge is 2.10. The van der Waals surface area contributed by atoms with E-state index < -0.39 is 9.84 Å². The van der Waals surface area contributed by atoms with Gasteiger partial charge in [-0.3, -0.25) is 0 Å². The maximum Gasteiger partial charge on any atom is 0.199 e. The number of benzene rings is 2. The van der Waals surface area contributed by atoms with E-state index in [-0.39, 0.29) is 23.3 Å². The van der Waals surface area contributed by atoms with Crippen molar-refractivity contribution in [3.8, 4) is 0 Å². The highest BCUT2D eigenvalue weighted by Crippen LogP contribution is 2.12. The molecule has 2 N–H and O–H groups in total. The molecule has 112 valence electrons. The third kappa shape index (κ3) is 5.34. The zero-order valence-corrected chi connectivity index (χ0v) is 13.1. The first-order chi connectivity index (χ1) is 9.58. The Balaban J connectivity index is 0.00000220. The molecule has 0 amide bonds. The average Bonchev–Trinajstić information content (AvgIpc) is 2.47. The predicted molar refractivity (Wildman–Crippen MR) is 88.1 cm³/mol. The highest BCUT2D eigenvalue weighted by atomic mass is 35.5. The lowest BCUT2D eigenvalue weighted by atomic mass is 10.1. The van der Waals surface area contributed by atoms with Gasteiger partial charge in [0.05, 0.1) is 4.90 Å². The van der Waals surface area contributed by atoms with E-state index in [0.29, 0.717) is 6.42 Å². The van der Waals surface area contributed by atoms with Crippen molar-refractivity contribution in [2.24, 2.45) is 5.73 Å². The lowest BCUT2D eigenvalue weighted by molar-refractivity contribution is 0.604. The Morgan fingerprint density at radius 1 is 0.952 bits per heavy atom. The van der Waals surface area contributed by atoms with Crippen LogP contribution in [0.5, 0.6) is 0 Å². The molecule has 0 bridgehead atoms. The van der Waals surface area contributed by atoms with Crippen molar-refractivity contribution in [2.45, 2.75) is 17.4 Å². The van der Waals surface area contributed by atoms with Gasteiger partial charge in [-0.05, 0) is 24.1 Å². The Bertz CT molecular complexity index is 670. The van der Waals surface area contributed by atoms with Crippen molar-refractivity contribution >= 4 is 22.2 Å². The molecule has 0 spiro atoms. The van der Waals surface area contributed by atoms with Crippen LogP contribution >= 0.6 is 12.4 Å². The molecule has 21 heavy (non-hydrogen) atoms. The molecule has 3 nitrogen and oxygen atoms in total. The molecule has 0 fully saturated rings. The predicted octanol–water partition coefficient (Wildman–Crippen LogP) is 2.97. The van der Waals surface area contributed by atoms with Crippen molar-refractivity contribution in [2.75, 3.05) is 0 Å². The second-order valence-corrected chi connectivity index (χ2v) is 6.37. The number of nitrogens with two attached hydrogens (primary N) is 1.